The zero-order valence-corrected chi connectivity index (χ0v) is 9.68. The minimum absolute atomic E-state index is 0.545. The van der Waals surface area contributed by atoms with Gasteiger partial charge in [-0.1, -0.05) is 19.6 Å². The molecule has 0 aliphatic heterocycles. The van der Waals surface area contributed by atoms with Crippen molar-refractivity contribution in [2.75, 3.05) is 0 Å². The molecule has 0 bridgehead atoms. The molecule has 0 spiro atoms. The molecule has 0 rings (SSSR count). The van der Waals surface area contributed by atoms with Gasteiger partial charge in [-0.25, -0.2) is 0 Å². The first kappa shape index (κ1) is 10.0. The highest BCUT2D eigenvalue weighted by Crippen LogP contribution is 2.18. The van der Waals surface area contributed by atoms with Gasteiger partial charge in [-0.05, 0) is 12.1 Å². The van der Waals surface area contributed by atoms with Crippen molar-refractivity contribution in [3.8, 4) is 0 Å². The Kier molecular flexibility index (Phi) is 4.46. The van der Waals surface area contributed by atoms with Crippen molar-refractivity contribution in [2.45, 2.75) is 31.7 Å². The van der Waals surface area contributed by atoms with Gasteiger partial charge in [-0.15, -0.1) is 0 Å². The van der Waals surface area contributed by atoms with Crippen LogP contribution in [0, 0.1) is 0 Å². The Morgan fingerprint density at radius 2 is 1.89 bits per heavy atom. The first-order chi connectivity index (χ1) is 3.92. The number of halogens is 2. The lowest BCUT2D eigenvalue weighted by atomic mass is 10.9. The third-order valence-electron chi connectivity index (χ3n) is 1.06. The molecule has 0 saturated carbocycles. The summed E-state index contributed by atoms with van der Waals surface area (Å²) in [7, 11) is -1.85. The molecule has 0 amide bonds. The predicted molar refractivity (Wildman–Crippen MR) is 50.4 cm³/mol. The van der Waals surface area contributed by atoms with Gasteiger partial charge in [0.2, 0.25) is 0 Å². The minimum Gasteiger partial charge on any atom is -0.169 e. The highest BCUT2D eigenvalue weighted by atomic mass is 35.6. The molecule has 9 heavy (non-hydrogen) atoms. The molecule has 0 nitrogen and oxygen atoms in total. The average molecular weight is 200 g/mol. The van der Waals surface area contributed by atoms with E-state index in [1.165, 1.54) is 6.04 Å². The summed E-state index contributed by atoms with van der Waals surface area (Å²) in [6.45, 7) is 6.44. The molecule has 0 heterocycles. The van der Waals surface area contributed by atoms with Gasteiger partial charge in [0.05, 0.1) is 0 Å². The third-order valence-corrected chi connectivity index (χ3v) is 5.08. The summed E-state index contributed by atoms with van der Waals surface area (Å²) in [5.41, 5.74) is 0. The van der Waals surface area contributed by atoms with E-state index in [9.17, 15) is 0 Å². The summed E-state index contributed by atoms with van der Waals surface area (Å²) in [5.74, 6) is 0. The molecule has 0 fully saturated rings. The fourth-order valence-electron chi connectivity index (χ4n) is 0.469. The summed E-state index contributed by atoms with van der Waals surface area (Å²) < 4.78 is 0. The molecule has 0 atom stereocenters. The lowest BCUT2D eigenvalue weighted by Gasteiger charge is -2.11. The SMILES string of the molecule is C[Si](Cl)CC[Si](C)(C)Cl. The van der Waals surface area contributed by atoms with Crippen molar-refractivity contribution in [3.63, 3.8) is 0 Å². The van der Waals surface area contributed by atoms with Gasteiger partial charge in [-0.2, -0.15) is 22.2 Å². The smallest absolute Gasteiger partial charge is 0.161 e. The van der Waals surface area contributed by atoms with Crippen molar-refractivity contribution in [1.29, 1.82) is 0 Å². The molecule has 0 aromatic rings. The van der Waals surface area contributed by atoms with Crippen molar-refractivity contribution in [2.24, 2.45) is 0 Å². The van der Waals surface area contributed by atoms with Crippen LogP contribution >= 0.6 is 22.2 Å². The topological polar surface area (TPSA) is 0 Å². The second kappa shape index (κ2) is 4.01. The van der Waals surface area contributed by atoms with Crippen LogP contribution in [-0.2, 0) is 0 Å². The Morgan fingerprint density at radius 3 is 2.00 bits per heavy atom. The second-order valence-corrected chi connectivity index (χ2v) is 13.7. The van der Waals surface area contributed by atoms with Crippen molar-refractivity contribution in [1.82, 2.24) is 0 Å². The number of rotatable bonds is 3. The lowest BCUT2D eigenvalue weighted by Crippen LogP contribution is -2.17. The fourth-order valence-corrected chi connectivity index (χ4v) is 5.93. The zero-order valence-electron chi connectivity index (χ0n) is 6.17. The standard InChI is InChI=1S/C5H13Cl2Si2/c1-8(6)4-5-9(2,3)7/h4-5H2,1-3H3. The van der Waals surface area contributed by atoms with Crippen molar-refractivity contribution < 1.29 is 0 Å². The van der Waals surface area contributed by atoms with Crippen LogP contribution in [0.2, 0.25) is 31.7 Å². The van der Waals surface area contributed by atoms with E-state index in [0.29, 0.717) is 0 Å². The van der Waals surface area contributed by atoms with Crippen LogP contribution in [0.25, 0.3) is 0 Å². The van der Waals surface area contributed by atoms with Crippen LogP contribution in [0.15, 0.2) is 0 Å². The molecule has 55 valence electrons. The molecular formula is C5H13Cl2Si2. The maximum atomic E-state index is 6.07. The van der Waals surface area contributed by atoms with Crippen LogP contribution in [0.3, 0.4) is 0 Å². The van der Waals surface area contributed by atoms with Crippen LogP contribution < -0.4 is 0 Å². The minimum atomic E-state index is -1.31. The van der Waals surface area contributed by atoms with Crippen LogP contribution in [0.4, 0.5) is 0 Å². The van der Waals surface area contributed by atoms with Crippen LogP contribution in [-0.4, -0.2) is 15.5 Å². The molecule has 0 saturated heterocycles. The van der Waals surface area contributed by atoms with Crippen LogP contribution in [0.5, 0.6) is 0 Å². The first-order valence-electron chi connectivity index (χ1n) is 3.09. The Morgan fingerprint density at radius 1 is 1.44 bits per heavy atom. The molecule has 0 aromatic carbocycles. The first-order valence-corrected chi connectivity index (χ1v) is 10.5. The summed E-state index contributed by atoms with van der Waals surface area (Å²) in [6, 6.07) is 2.33. The van der Waals surface area contributed by atoms with E-state index in [2.05, 4.69) is 19.6 Å². The number of hydrogen-bond donors (Lipinski definition) is 0. The van der Waals surface area contributed by atoms with Gasteiger partial charge in [-0.3, -0.25) is 0 Å². The summed E-state index contributed by atoms with van der Waals surface area (Å²) in [4.78, 5) is 0. The van der Waals surface area contributed by atoms with Crippen molar-refractivity contribution in [3.05, 3.63) is 0 Å². The van der Waals surface area contributed by atoms with E-state index in [1.807, 2.05) is 0 Å². The lowest BCUT2D eigenvalue weighted by molar-refractivity contribution is 1.36. The largest absolute Gasteiger partial charge is 0.169 e. The van der Waals surface area contributed by atoms with E-state index in [0.717, 1.165) is 6.04 Å². The van der Waals surface area contributed by atoms with Gasteiger partial charge in [0, 0.05) is 0 Å². The Hall–Kier alpha value is 1.01. The quantitative estimate of drug-likeness (QED) is 0.484. The molecule has 0 N–H and O–H groups in total. The molecular weight excluding hydrogens is 187 g/mol. The maximum absolute atomic E-state index is 6.07. The molecule has 4 heteroatoms. The normalized spacial score (nSPS) is 12.7. The molecule has 0 aliphatic rings. The Labute approximate surface area is 69.6 Å². The van der Waals surface area contributed by atoms with Gasteiger partial charge in [0.15, 0.2) is 8.11 Å². The van der Waals surface area contributed by atoms with E-state index >= 15 is 0 Å². The third kappa shape index (κ3) is 9.01. The monoisotopic (exact) mass is 199 g/mol. The van der Waals surface area contributed by atoms with E-state index in [4.69, 9.17) is 22.2 Å². The molecule has 0 unspecified atom stereocenters. The summed E-state index contributed by atoms with van der Waals surface area (Å²) in [5, 5.41) is 0. The van der Waals surface area contributed by atoms with Gasteiger partial charge >= 0.3 is 0 Å². The summed E-state index contributed by atoms with van der Waals surface area (Å²) >= 11 is 11.9. The summed E-state index contributed by atoms with van der Waals surface area (Å²) in [6.07, 6.45) is 0. The predicted octanol–water partition coefficient (Wildman–Crippen LogP) is 3.29. The highest BCUT2D eigenvalue weighted by Gasteiger charge is 2.17. The van der Waals surface area contributed by atoms with Crippen LogP contribution in [0.1, 0.15) is 0 Å². The van der Waals surface area contributed by atoms with E-state index in [1.54, 1.807) is 0 Å². The van der Waals surface area contributed by atoms with Gasteiger partial charge in [0.1, 0.15) is 7.38 Å². The number of hydrogen-bond acceptors (Lipinski definition) is 0. The fraction of sp³-hybridized carbons (Fsp3) is 1.00. The molecule has 0 aromatic heterocycles. The average Bonchev–Trinajstić information content (AvgIpc) is 1.59. The van der Waals surface area contributed by atoms with E-state index < -0.39 is 15.5 Å². The van der Waals surface area contributed by atoms with Crippen molar-refractivity contribution >= 4 is 37.6 Å². The maximum Gasteiger partial charge on any atom is 0.161 e. The Bertz CT molecular complexity index is 77.5. The Balaban J connectivity index is 3.28. The highest BCUT2D eigenvalue weighted by molar-refractivity contribution is 7.19. The second-order valence-electron chi connectivity index (χ2n) is 2.89. The van der Waals surface area contributed by atoms with Gasteiger partial charge in [0.25, 0.3) is 0 Å². The van der Waals surface area contributed by atoms with Gasteiger partial charge < -0.3 is 0 Å². The van der Waals surface area contributed by atoms with E-state index in [-0.39, 0.29) is 0 Å². The zero-order chi connectivity index (χ0) is 7.49. The molecule has 1 radical (unpaired) electrons. The molecule has 0 aliphatic carbocycles.